The van der Waals surface area contributed by atoms with Crippen molar-refractivity contribution in [2.75, 3.05) is 0 Å². The van der Waals surface area contributed by atoms with Crippen LogP contribution >= 0.6 is 0 Å². The summed E-state index contributed by atoms with van der Waals surface area (Å²) in [7, 11) is 0. The van der Waals surface area contributed by atoms with Crippen LogP contribution in [0.2, 0.25) is 0 Å². The summed E-state index contributed by atoms with van der Waals surface area (Å²) in [5.41, 5.74) is 7.44. The van der Waals surface area contributed by atoms with Gasteiger partial charge in [0.15, 0.2) is 46.0 Å². The van der Waals surface area contributed by atoms with Crippen molar-refractivity contribution in [2.45, 2.75) is 5.41 Å². The summed E-state index contributed by atoms with van der Waals surface area (Å²) in [6, 6.07) is 40.5. The number of fused-ring (bicyclic) bond motifs is 7. The molecule has 45 heavy (non-hydrogen) atoms. The highest BCUT2D eigenvalue weighted by Crippen LogP contribution is 2.59. The minimum atomic E-state index is -0.703. The Bertz CT molecular complexity index is 2150. The van der Waals surface area contributed by atoms with Gasteiger partial charge in [-0.3, -0.25) is 0 Å². The van der Waals surface area contributed by atoms with Crippen LogP contribution in [-0.2, 0) is 5.41 Å². The number of terminal acetylenes is 2. The Morgan fingerprint density at radius 1 is 0.400 bits per heavy atom. The second-order valence-electron chi connectivity index (χ2n) is 11.2. The quantitative estimate of drug-likeness (QED) is 0.191. The molecule has 0 spiro atoms. The zero-order valence-corrected chi connectivity index (χ0v) is 23.8. The largest absolute Gasteiger partial charge is 0.450 e. The Morgan fingerprint density at radius 2 is 0.778 bits per heavy atom. The fraction of sp³-hybridized carbons (Fsp3) is 0.0244. The lowest BCUT2D eigenvalue weighted by Gasteiger charge is -2.35. The fourth-order valence-electron chi connectivity index (χ4n) is 6.83. The van der Waals surface area contributed by atoms with Crippen molar-refractivity contribution in [1.82, 2.24) is 0 Å². The average Bonchev–Trinajstić information content (AvgIpc) is 3.40. The molecule has 0 N–H and O–H groups in total. The molecule has 4 heteroatoms. The Kier molecular flexibility index (Phi) is 5.21. The number of hydrogen-bond acceptors (Lipinski definition) is 4. The lowest BCUT2D eigenvalue weighted by Crippen LogP contribution is -2.28. The van der Waals surface area contributed by atoms with E-state index in [9.17, 15) is 0 Å². The minimum absolute atomic E-state index is 0.584. The van der Waals surface area contributed by atoms with E-state index in [0.717, 1.165) is 33.4 Å². The molecule has 0 amide bonds. The summed E-state index contributed by atoms with van der Waals surface area (Å²) in [5.74, 6) is 10.3. The third-order valence-electron chi connectivity index (χ3n) is 8.81. The van der Waals surface area contributed by atoms with Crippen LogP contribution in [0, 0.1) is 24.7 Å². The van der Waals surface area contributed by atoms with Gasteiger partial charge in [0.05, 0.1) is 5.41 Å². The molecule has 6 aromatic rings. The molecule has 0 saturated heterocycles. The normalized spacial score (nSPS) is 13.7. The van der Waals surface area contributed by atoms with E-state index in [0.29, 0.717) is 46.0 Å². The van der Waals surface area contributed by atoms with Crippen molar-refractivity contribution >= 4 is 0 Å². The molecular weight excluding hydrogens is 556 g/mol. The van der Waals surface area contributed by atoms with Crippen LogP contribution in [0.5, 0.6) is 46.0 Å². The second kappa shape index (κ2) is 9.32. The molecule has 4 nitrogen and oxygen atoms in total. The number of hydrogen-bond donors (Lipinski definition) is 0. The van der Waals surface area contributed by atoms with Gasteiger partial charge in [-0.15, -0.1) is 12.8 Å². The van der Waals surface area contributed by atoms with Crippen molar-refractivity contribution in [3.63, 3.8) is 0 Å². The standard InChI is InChI=1S/C41H22O4/c1-3-25-13-17-33-37(21-25)44-39-23-27(15-19-35(39)42-33)41(31-11-7-5-9-29(31)30-10-6-8-12-32(30)41)28-16-20-36-40(24-28)45-38-22-26(4-2)14-18-34(38)43-36/h1-2,5-24H. The van der Waals surface area contributed by atoms with E-state index in [1.807, 2.05) is 48.5 Å². The topological polar surface area (TPSA) is 36.9 Å². The van der Waals surface area contributed by atoms with Gasteiger partial charge in [0.1, 0.15) is 0 Å². The maximum absolute atomic E-state index is 6.45. The lowest BCUT2D eigenvalue weighted by atomic mass is 9.67. The van der Waals surface area contributed by atoms with Crippen LogP contribution in [0.15, 0.2) is 121 Å². The highest BCUT2D eigenvalue weighted by atomic mass is 16.6. The molecule has 210 valence electrons. The van der Waals surface area contributed by atoms with Gasteiger partial charge in [-0.25, -0.2) is 0 Å². The monoisotopic (exact) mass is 578 g/mol. The number of benzene rings is 6. The molecule has 0 saturated carbocycles. The first-order chi connectivity index (χ1) is 22.1. The van der Waals surface area contributed by atoms with Crippen molar-refractivity contribution < 1.29 is 18.9 Å². The zero-order chi connectivity index (χ0) is 30.1. The number of rotatable bonds is 2. The van der Waals surface area contributed by atoms with E-state index in [-0.39, 0.29) is 0 Å². The summed E-state index contributed by atoms with van der Waals surface area (Å²) in [6.07, 6.45) is 11.3. The van der Waals surface area contributed by atoms with Crippen LogP contribution in [0.1, 0.15) is 33.4 Å². The van der Waals surface area contributed by atoms with Crippen molar-refractivity contribution in [3.05, 3.63) is 155 Å². The molecule has 0 bridgehead atoms. The molecule has 6 aromatic carbocycles. The maximum Gasteiger partial charge on any atom is 0.171 e. The third-order valence-corrected chi connectivity index (χ3v) is 8.81. The van der Waals surface area contributed by atoms with Gasteiger partial charge in [-0.1, -0.05) is 72.5 Å². The third kappa shape index (κ3) is 3.58. The van der Waals surface area contributed by atoms with Gasteiger partial charge in [0.25, 0.3) is 0 Å². The molecule has 3 aliphatic rings. The van der Waals surface area contributed by atoms with Gasteiger partial charge in [-0.05, 0) is 81.9 Å². The number of ether oxygens (including phenoxy) is 4. The predicted molar refractivity (Wildman–Crippen MR) is 173 cm³/mol. The highest BCUT2D eigenvalue weighted by Gasteiger charge is 2.47. The Balaban J connectivity index is 1.26. The molecule has 0 radical (unpaired) electrons. The van der Waals surface area contributed by atoms with Crippen molar-refractivity contribution in [2.24, 2.45) is 0 Å². The SMILES string of the molecule is C#Cc1ccc2c(c1)Oc1cc(C3(c4ccc5c(c4)Oc4cc(C#C)ccc4O5)c4ccccc4-c4ccccc43)ccc1O2. The van der Waals surface area contributed by atoms with Gasteiger partial charge in [-0.2, -0.15) is 0 Å². The zero-order valence-electron chi connectivity index (χ0n) is 23.8. The van der Waals surface area contributed by atoms with Gasteiger partial charge < -0.3 is 18.9 Å². The molecule has 1 aliphatic carbocycles. The Labute approximate surface area is 260 Å². The van der Waals surface area contributed by atoms with Crippen molar-refractivity contribution in [3.8, 4) is 81.8 Å². The molecule has 0 fully saturated rings. The van der Waals surface area contributed by atoms with Gasteiger partial charge in [0, 0.05) is 23.3 Å². The molecular formula is C41H22O4. The summed E-state index contributed by atoms with van der Waals surface area (Å²) in [4.78, 5) is 0. The van der Waals surface area contributed by atoms with E-state index in [2.05, 4.69) is 84.6 Å². The second-order valence-corrected chi connectivity index (χ2v) is 11.2. The molecule has 2 heterocycles. The van der Waals surface area contributed by atoms with Crippen LogP contribution in [0.25, 0.3) is 11.1 Å². The van der Waals surface area contributed by atoms with Gasteiger partial charge >= 0.3 is 0 Å². The summed E-state index contributed by atoms with van der Waals surface area (Å²) in [6.45, 7) is 0. The summed E-state index contributed by atoms with van der Waals surface area (Å²) < 4.78 is 25.4. The molecule has 0 aromatic heterocycles. The van der Waals surface area contributed by atoms with E-state index in [1.165, 1.54) is 11.1 Å². The van der Waals surface area contributed by atoms with Crippen LogP contribution < -0.4 is 18.9 Å². The smallest absolute Gasteiger partial charge is 0.171 e. The van der Waals surface area contributed by atoms with E-state index in [1.54, 1.807) is 0 Å². The molecule has 9 rings (SSSR count). The maximum atomic E-state index is 6.45. The first kappa shape index (κ1) is 25.2. The first-order valence-corrected chi connectivity index (χ1v) is 14.6. The average molecular weight is 579 g/mol. The van der Waals surface area contributed by atoms with Crippen molar-refractivity contribution in [1.29, 1.82) is 0 Å². The summed E-state index contributed by atoms with van der Waals surface area (Å²) >= 11 is 0. The first-order valence-electron chi connectivity index (χ1n) is 14.6. The Hall–Kier alpha value is -6.36. The van der Waals surface area contributed by atoms with E-state index >= 15 is 0 Å². The van der Waals surface area contributed by atoms with Gasteiger partial charge in [0.2, 0.25) is 0 Å². The van der Waals surface area contributed by atoms with E-state index in [4.69, 9.17) is 31.8 Å². The van der Waals surface area contributed by atoms with E-state index < -0.39 is 5.41 Å². The van der Waals surface area contributed by atoms with Crippen LogP contribution in [0.4, 0.5) is 0 Å². The van der Waals surface area contributed by atoms with Crippen LogP contribution in [0.3, 0.4) is 0 Å². The summed E-state index contributed by atoms with van der Waals surface area (Å²) in [5, 5.41) is 0. The Morgan fingerprint density at radius 3 is 1.22 bits per heavy atom. The lowest BCUT2D eigenvalue weighted by molar-refractivity contribution is 0.357. The molecule has 0 unspecified atom stereocenters. The fourth-order valence-corrected chi connectivity index (χ4v) is 6.83. The molecule has 2 aliphatic heterocycles. The van der Waals surface area contributed by atoms with Crippen LogP contribution in [-0.4, -0.2) is 0 Å². The predicted octanol–water partition coefficient (Wildman–Crippen LogP) is 9.81. The highest BCUT2D eigenvalue weighted by molar-refractivity contribution is 5.86. The molecule has 0 atom stereocenters. The minimum Gasteiger partial charge on any atom is -0.450 e.